The van der Waals surface area contributed by atoms with Crippen molar-refractivity contribution in [1.82, 2.24) is 0 Å². The minimum Gasteiger partial charge on any atom is -0.490 e. The lowest BCUT2D eigenvalue weighted by atomic mass is 10.2. The van der Waals surface area contributed by atoms with Crippen molar-refractivity contribution in [3.8, 4) is 11.5 Å². The molecule has 0 spiro atoms. The molecule has 1 aromatic heterocycles. The molecule has 6 heteroatoms. The van der Waals surface area contributed by atoms with Crippen molar-refractivity contribution >= 4 is 22.7 Å². The Balaban J connectivity index is 1.51. The van der Waals surface area contributed by atoms with Crippen LogP contribution in [0, 0.1) is 0 Å². The molecule has 0 unspecified atom stereocenters. The highest BCUT2D eigenvalue weighted by atomic mass is 16.6. The average molecular weight is 354 g/mol. The number of para-hydroxylation sites is 3. The molecular formula is C20H18O6. The Hall–Kier alpha value is -3.28. The summed E-state index contributed by atoms with van der Waals surface area (Å²) in [6.45, 7) is 1.61. The Morgan fingerprint density at radius 3 is 2.35 bits per heavy atom. The molecule has 0 fully saturated rings. The molecule has 26 heavy (non-hydrogen) atoms. The zero-order valence-electron chi connectivity index (χ0n) is 14.3. The highest BCUT2D eigenvalue weighted by Gasteiger charge is 2.15. The molecule has 6 nitrogen and oxygen atoms in total. The van der Waals surface area contributed by atoms with E-state index in [1.807, 2.05) is 31.2 Å². The lowest BCUT2D eigenvalue weighted by Gasteiger charge is -2.10. The number of carbonyl (C=O) groups is 2. The minimum absolute atomic E-state index is 0.154. The number of furan rings is 1. The van der Waals surface area contributed by atoms with E-state index in [1.165, 1.54) is 0 Å². The van der Waals surface area contributed by atoms with Gasteiger partial charge in [-0.05, 0) is 31.2 Å². The van der Waals surface area contributed by atoms with Gasteiger partial charge in [0.05, 0.1) is 6.61 Å². The maximum atomic E-state index is 12.1. The SMILES string of the molecule is CCOc1ccccc1OCC(=O)OCC(=O)c1cc2ccccc2o1. The standard InChI is InChI=1S/C20H18O6/c1-2-23-17-9-5-6-10-18(17)24-13-20(22)25-12-15(21)19-11-14-7-3-4-8-16(14)26-19/h3-11H,2,12-13H2,1H3. The summed E-state index contributed by atoms with van der Waals surface area (Å²) < 4.78 is 21.2. The Kier molecular flexibility index (Phi) is 5.53. The monoisotopic (exact) mass is 354 g/mol. The van der Waals surface area contributed by atoms with E-state index >= 15 is 0 Å². The van der Waals surface area contributed by atoms with Gasteiger partial charge in [-0.3, -0.25) is 4.79 Å². The molecule has 134 valence electrons. The van der Waals surface area contributed by atoms with Gasteiger partial charge in [0.15, 0.2) is 30.5 Å². The Morgan fingerprint density at radius 1 is 0.923 bits per heavy atom. The van der Waals surface area contributed by atoms with E-state index in [2.05, 4.69) is 0 Å². The van der Waals surface area contributed by atoms with E-state index in [-0.39, 0.29) is 12.4 Å². The molecule has 0 aliphatic heterocycles. The third-order valence-electron chi connectivity index (χ3n) is 3.56. The minimum atomic E-state index is -0.652. The molecular weight excluding hydrogens is 336 g/mol. The zero-order valence-corrected chi connectivity index (χ0v) is 14.3. The van der Waals surface area contributed by atoms with Gasteiger partial charge in [0.25, 0.3) is 0 Å². The molecule has 2 aromatic carbocycles. The number of Topliss-reactive ketones (excluding diaryl/α,β-unsaturated/α-hetero) is 1. The lowest BCUT2D eigenvalue weighted by molar-refractivity contribution is -0.144. The third-order valence-corrected chi connectivity index (χ3v) is 3.56. The molecule has 3 aromatic rings. The first-order valence-electron chi connectivity index (χ1n) is 8.19. The number of hydrogen-bond donors (Lipinski definition) is 0. The maximum absolute atomic E-state index is 12.1. The smallest absolute Gasteiger partial charge is 0.344 e. The summed E-state index contributed by atoms with van der Waals surface area (Å²) in [5, 5.41) is 0.818. The summed E-state index contributed by atoms with van der Waals surface area (Å²) in [5.74, 6) is 0.0719. The van der Waals surface area contributed by atoms with Crippen LogP contribution in [0.2, 0.25) is 0 Å². The summed E-state index contributed by atoms with van der Waals surface area (Å²) >= 11 is 0. The number of esters is 1. The van der Waals surface area contributed by atoms with Crippen molar-refractivity contribution in [1.29, 1.82) is 0 Å². The van der Waals surface area contributed by atoms with Crippen molar-refractivity contribution in [3.63, 3.8) is 0 Å². The normalized spacial score (nSPS) is 10.5. The molecule has 0 atom stereocenters. The third kappa shape index (κ3) is 4.22. The predicted octanol–water partition coefficient (Wildman–Crippen LogP) is 3.64. The first kappa shape index (κ1) is 17.5. The van der Waals surface area contributed by atoms with Gasteiger partial charge in [0.1, 0.15) is 5.58 Å². The zero-order chi connectivity index (χ0) is 18.4. The summed E-state index contributed by atoms with van der Waals surface area (Å²) in [6, 6.07) is 15.9. The van der Waals surface area contributed by atoms with Crippen molar-refractivity contribution in [2.24, 2.45) is 0 Å². The number of rotatable bonds is 8. The number of hydrogen-bond acceptors (Lipinski definition) is 6. The first-order valence-corrected chi connectivity index (χ1v) is 8.19. The van der Waals surface area contributed by atoms with Crippen molar-refractivity contribution in [3.05, 3.63) is 60.4 Å². The lowest BCUT2D eigenvalue weighted by Crippen LogP contribution is -2.19. The van der Waals surface area contributed by atoms with E-state index in [0.29, 0.717) is 23.7 Å². The molecule has 0 aliphatic rings. The van der Waals surface area contributed by atoms with E-state index in [4.69, 9.17) is 18.6 Å². The van der Waals surface area contributed by atoms with Crippen LogP contribution in [0.1, 0.15) is 17.5 Å². The Labute approximate surface area is 150 Å². The van der Waals surface area contributed by atoms with Crippen LogP contribution in [0.15, 0.2) is 59.0 Å². The van der Waals surface area contributed by atoms with Crippen molar-refractivity contribution in [2.75, 3.05) is 19.8 Å². The molecule has 0 N–H and O–H groups in total. The van der Waals surface area contributed by atoms with E-state index in [1.54, 1.807) is 30.3 Å². The van der Waals surface area contributed by atoms with Gasteiger partial charge in [-0.15, -0.1) is 0 Å². The molecule has 0 saturated carbocycles. The van der Waals surface area contributed by atoms with Crippen LogP contribution < -0.4 is 9.47 Å². The summed E-state index contributed by atoms with van der Waals surface area (Å²) in [4.78, 5) is 23.9. The number of ketones is 1. The summed E-state index contributed by atoms with van der Waals surface area (Å²) in [6.07, 6.45) is 0. The molecule has 1 heterocycles. The molecule has 3 rings (SSSR count). The van der Waals surface area contributed by atoms with Gasteiger partial charge in [0.2, 0.25) is 5.78 Å². The number of carbonyl (C=O) groups excluding carboxylic acids is 2. The second-order valence-electron chi connectivity index (χ2n) is 5.40. The van der Waals surface area contributed by atoms with Gasteiger partial charge < -0.3 is 18.6 Å². The first-order chi connectivity index (χ1) is 12.7. The van der Waals surface area contributed by atoms with Crippen LogP contribution in [-0.4, -0.2) is 31.6 Å². The fraction of sp³-hybridized carbons (Fsp3) is 0.200. The van der Waals surface area contributed by atoms with Gasteiger partial charge >= 0.3 is 5.97 Å². The molecule has 0 radical (unpaired) electrons. The van der Waals surface area contributed by atoms with E-state index in [9.17, 15) is 9.59 Å². The number of benzene rings is 2. The van der Waals surface area contributed by atoms with Crippen LogP contribution in [0.4, 0.5) is 0 Å². The maximum Gasteiger partial charge on any atom is 0.344 e. The molecule has 0 bridgehead atoms. The molecule has 0 amide bonds. The summed E-state index contributed by atoms with van der Waals surface area (Å²) in [7, 11) is 0. The van der Waals surface area contributed by atoms with Crippen LogP contribution in [-0.2, 0) is 9.53 Å². The molecule has 0 aliphatic carbocycles. The fourth-order valence-electron chi connectivity index (χ4n) is 2.36. The van der Waals surface area contributed by atoms with E-state index < -0.39 is 18.4 Å². The fourth-order valence-corrected chi connectivity index (χ4v) is 2.36. The Bertz CT molecular complexity index is 878. The number of fused-ring (bicyclic) bond motifs is 1. The second kappa shape index (κ2) is 8.20. The van der Waals surface area contributed by atoms with Crippen LogP contribution >= 0.6 is 0 Å². The second-order valence-corrected chi connectivity index (χ2v) is 5.40. The predicted molar refractivity (Wildman–Crippen MR) is 94.6 cm³/mol. The average Bonchev–Trinajstić information content (AvgIpc) is 3.10. The largest absolute Gasteiger partial charge is 0.490 e. The van der Waals surface area contributed by atoms with Crippen LogP contribution in [0.25, 0.3) is 11.0 Å². The van der Waals surface area contributed by atoms with Crippen LogP contribution in [0.3, 0.4) is 0 Å². The summed E-state index contributed by atoms with van der Waals surface area (Å²) in [5.41, 5.74) is 0.609. The van der Waals surface area contributed by atoms with Crippen molar-refractivity contribution < 1.29 is 28.2 Å². The van der Waals surface area contributed by atoms with Crippen LogP contribution in [0.5, 0.6) is 11.5 Å². The molecule has 0 saturated heterocycles. The van der Waals surface area contributed by atoms with E-state index in [0.717, 1.165) is 5.39 Å². The highest BCUT2D eigenvalue weighted by molar-refractivity contribution is 5.99. The van der Waals surface area contributed by atoms with Gasteiger partial charge in [-0.1, -0.05) is 30.3 Å². The topological polar surface area (TPSA) is 75.0 Å². The van der Waals surface area contributed by atoms with Gasteiger partial charge in [-0.2, -0.15) is 0 Å². The number of ether oxygens (including phenoxy) is 3. The van der Waals surface area contributed by atoms with Gasteiger partial charge in [-0.25, -0.2) is 4.79 Å². The quantitative estimate of drug-likeness (QED) is 0.454. The Morgan fingerprint density at radius 2 is 1.62 bits per heavy atom. The van der Waals surface area contributed by atoms with Crippen molar-refractivity contribution in [2.45, 2.75) is 6.92 Å². The van der Waals surface area contributed by atoms with Gasteiger partial charge in [0, 0.05) is 5.39 Å². The highest BCUT2D eigenvalue weighted by Crippen LogP contribution is 2.26.